The maximum atomic E-state index is 12.5. The summed E-state index contributed by atoms with van der Waals surface area (Å²) in [6.45, 7) is 7.12. The van der Waals surface area contributed by atoms with Gasteiger partial charge in [0.1, 0.15) is 5.69 Å². The Labute approximate surface area is 189 Å². The van der Waals surface area contributed by atoms with Gasteiger partial charge in [-0.15, -0.1) is 0 Å². The van der Waals surface area contributed by atoms with Crippen molar-refractivity contribution >= 4 is 29.1 Å². The number of nitrogens with one attached hydrogen (secondary N) is 1. The molecule has 8 heteroatoms. The summed E-state index contributed by atoms with van der Waals surface area (Å²) in [4.78, 5) is 35.0. The molecule has 1 aliphatic heterocycles. The van der Waals surface area contributed by atoms with E-state index in [0.29, 0.717) is 23.5 Å². The fraction of sp³-hybridized carbons (Fsp3) is 0.435. The normalized spacial score (nSPS) is 14.4. The van der Waals surface area contributed by atoms with E-state index < -0.39 is 0 Å². The van der Waals surface area contributed by atoms with Crippen LogP contribution in [0.25, 0.3) is 0 Å². The minimum atomic E-state index is -0.176. The summed E-state index contributed by atoms with van der Waals surface area (Å²) in [6, 6.07) is 11.2. The Bertz CT molecular complexity index is 926. The quantitative estimate of drug-likeness (QED) is 0.666. The highest BCUT2D eigenvalue weighted by Crippen LogP contribution is 2.25. The third-order valence-electron chi connectivity index (χ3n) is 5.46. The van der Waals surface area contributed by atoms with E-state index in [2.05, 4.69) is 26.2 Å². The van der Waals surface area contributed by atoms with Gasteiger partial charge < -0.3 is 15.1 Å². The lowest BCUT2D eigenvalue weighted by Gasteiger charge is -2.36. The summed E-state index contributed by atoms with van der Waals surface area (Å²) in [5, 5.41) is 3.76. The lowest BCUT2D eigenvalue weighted by molar-refractivity contribution is 0.0820. The number of rotatable bonds is 7. The first-order valence-electron chi connectivity index (χ1n) is 10.6. The second-order valence-corrected chi connectivity index (χ2v) is 8.33. The van der Waals surface area contributed by atoms with E-state index in [-0.39, 0.29) is 11.8 Å². The number of aromatic nitrogens is 1. The van der Waals surface area contributed by atoms with Crippen LogP contribution in [0.2, 0.25) is 5.02 Å². The number of nitrogens with zero attached hydrogens (tertiary/aromatic N) is 4. The molecule has 0 bridgehead atoms. The van der Waals surface area contributed by atoms with Crippen LogP contribution in [0.15, 0.2) is 36.4 Å². The number of hydrogen-bond acceptors (Lipinski definition) is 5. The van der Waals surface area contributed by atoms with E-state index in [1.165, 1.54) is 4.90 Å². The number of anilines is 1. The fourth-order valence-corrected chi connectivity index (χ4v) is 3.92. The monoisotopic (exact) mass is 443 g/mol. The zero-order chi connectivity index (χ0) is 22.4. The van der Waals surface area contributed by atoms with Crippen molar-refractivity contribution in [3.05, 3.63) is 58.4 Å². The summed E-state index contributed by atoms with van der Waals surface area (Å²) in [5.41, 5.74) is 2.50. The van der Waals surface area contributed by atoms with Crippen molar-refractivity contribution in [2.24, 2.45) is 0 Å². The van der Waals surface area contributed by atoms with Gasteiger partial charge in [-0.3, -0.25) is 14.5 Å². The number of para-hydroxylation sites is 1. The largest absolute Gasteiger partial charge is 0.368 e. The second-order valence-electron chi connectivity index (χ2n) is 7.92. The molecule has 0 unspecified atom stereocenters. The Morgan fingerprint density at radius 2 is 1.81 bits per heavy atom. The predicted molar refractivity (Wildman–Crippen MR) is 124 cm³/mol. The van der Waals surface area contributed by atoms with Crippen LogP contribution in [0.4, 0.5) is 5.69 Å². The molecule has 0 atom stereocenters. The molecule has 0 radical (unpaired) electrons. The number of benzene rings is 1. The molecule has 1 aromatic carbocycles. The molecule has 166 valence electrons. The van der Waals surface area contributed by atoms with Crippen molar-refractivity contribution in [3.63, 3.8) is 0 Å². The molecule has 1 aliphatic rings. The standard InChI is InChI=1S/C23H30ClN5O2/c1-17-18(9-10-20(26-17)23(31)27(2)3)22(30)25-11-6-12-28-13-15-29(16-14-28)21-8-5-4-7-19(21)24/h4-5,7-10H,6,11-16H2,1-3H3,(H,25,30). The van der Waals surface area contributed by atoms with Crippen LogP contribution in [-0.4, -0.2) is 80.0 Å². The molecule has 31 heavy (non-hydrogen) atoms. The average molecular weight is 444 g/mol. The lowest BCUT2D eigenvalue weighted by Crippen LogP contribution is -2.47. The van der Waals surface area contributed by atoms with Gasteiger partial charge in [0.15, 0.2) is 0 Å². The molecule has 0 aliphatic carbocycles. The van der Waals surface area contributed by atoms with E-state index in [9.17, 15) is 9.59 Å². The highest BCUT2D eigenvalue weighted by atomic mass is 35.5. The highest BCUT2D eigenvalue weighted by Gasteiger charge is 2.19. The smallest absolute Gasteiger partial charge is 0.271 e. The van der Waals surface area contributed by atoms with Crippen LogP contribution >= 0.6 is 11.6 Å². The number of amides is 2. The van der Waals surface area contributed by atoms with Crippen LogP contribution in [0.5, 0.6) is 0 Å². The summed E-state index contributed by atoms with van der Waals surface area (Å²) < 4.78 is 0. The van der Waals surface area contributed by atoms with Gasteiger partial charge in [0, 0.05) is 46.8 Å². The number of pyridine rings is 1. The van der Waals surface area contributed by atoms with Gasteiger partial charge in [0.25, 0.3) is 11.8 Å². The molecular weight excluding hydrogens is 414 g/mol. The van der Waals surface area contributed by atoms with Crippen LogP contribution in [0.3, 0.4) is 0 Å². The molecule has 0 saturated carbocycles. The van der Waals surface area contributed by atoms with Crippen molar-refractivity contribution in [2.45, 2.75) is 13.3 Å². The van der Waals surface area contributed by atoms with Crippen molar-refractivity contribution in [1.82, 2.24) is 20.1 Å². The van der Waals surface area contributed by atoms with Gasteiger partial charge in [-0.2, -0.15) is 0 Å². The maximum Gasteiger partial charge on any atom is 0.271 e. The van der Waals surface area contributed by atoms with Gasteiger partial charge in [-0.05, 0) is 44.2 Å². The molecule has 1 aromatic heterocycles. The van der Waals surface area contributed by atoms with E-state index >= 15 is 0 Å². The SMILES string of the molecule is Cc1nc(C(=O)N(C)C)ccc1C(=O)NCCCN1CCN(c2ccccc2Cl)CC1. The Morgan fingerprint density at radius 3 is 2.45 bits per heavy atom. The minimum absolute atomic E-state index is 0.155. The molecule has 0 spiro atoms. The fourth-order valence-electron chi connectivity index (χ4n) is 3.67. The Balaban J connectivity index is 1.41. The van der Waals surface area contributed by atoms with Gasteiger partial charge in [-0.25, -0.2) is 4.98 Å². The average Bonchev–Trinajstić information content (AvgIpc) is 2.76. The number of carbonyl (C=O) groups is 2. The topological polar surface area (TPSA) is 68.8 Å². The van der Waals surface area contributed by atoms with E-state index in [4.69, 9.17) is 11.6 Å². The van der Waals surface area contributed by atoms with Crippen LogP contribution in [-0.2, 0) is 0 Å². The first kappa shape index (κ1) is 23.0. The van der Waals surface area contributed by atoms with E-state index in [1.54, 1.807) is 33.2 Å². The van der Waals surface area contributed by atoms with Gasteiger partial charge >= 0.3 is 0 Å². The Morgan fingerprint density at radius 1 is 1.10 bits per heavy atom. The maximum absolute atomic E-state index is 12.5. The summed E-state index contributed by atoms with van der Waals surface area (Å²) in [5.74, 6) is -0.331. The Hall–Kier alpha value is -2.64. The number of hydrogen-bond donors (Lipinski definition) is 1. The molecule has 1 fully saturated rings. The zero-order valence-corrected chi connectivity index (χ0v) is 19.2. The molecule has 2 amide bonds. The van der Waals surface area contributed by atoms with Crippen molar-refractivity contribution in [2.75, 3.05) is 58.3 Å². The molecule has 2 aromatic rings. The van der Waals surface area contributed by atoms with Gasteiger partial charge in [0.2, 0.25) is 0 Å². The molecule has 7 nitrogen and oxygen atoms in total. The van der Waals surface area contributed by atoms with E-state index in [0.717, 1.165) is 49.9 Å². The van der Waals surface area contributed by atoms with Crippen molar-refractivity contribution in [3.8, 4) is 0 Å². The first-order valence-corrected chi connectivity index (χ1v) is 10.9. The molecular formula is C23H30ClN5O2. The molecule has 1 N–H and O–H groups in total. The summed E-state index contributed by atoms with van der Waals surface area (Å²) in [6.07, 6.45) is 0.876. The van der Waals surface area contributed by atoms with Gasteiger partial charge in [-0.1, -0.05) is 23.7 Å². The lowest BCUT2D eigenvalue weighted by atomic mass is 10.1. The third-order valence-corrected chi connectivity index (χ3v) is 5.78. The number of aryl methyl sites for hydroxylation is 1. The van der Waals surface area contributed by atoms with Gasteiger partial charge in [0.05, 0.1) is 22.0 Å². The molecule has 1 saturated heterocycles. The molecule has 3 rings (SSSR count). The Kier molecular flexibility index (Phi) is 7.87. The minimum Gasteiger partial charge on any atom is -0.368 e. The molecule has 2 heterocycles. The first-order chi connectivity index (χ1) is 14.9. The van der Waals surface area contributed by atoms with Crippen molar-refractivity contribution in [1.29, 1.82) is 0 Å². The third kappa shape index (κ3) is 5.95. The zero-order valence-electron chi connectivity index (χ0n) is 18.4. The van der Waals surface area contributed by atoms with Crippen LogP contribution in [0.1, 0.15) is 33.0 Å². The van der Waals surface area contributed by atoms with E-state index in [1.807, 2.05) is 18.2 Å². The number of piperazine rings is 1. The van der Waals surface area contributed by atoms with Crippen LogP contribution in [0, 0.1) is 6.92 Å². The highest BCUT2D eigenvalue weighted by molar-refractivity contribution is 6.33. The number of carbonyl (C=O) groups excluding carboxylic acids is 2. The number of halogens is 1. The predicted octanol–water partition coefficient (Wildman–Crippen LogP) is 2.69. The summed E-state index contributed by atoms with van der Waals surface area (Å²) >= 11 is 6.31. The summed E-state index contributed by atoms with van der Waals surface area (Å²) in [7, 11) is 3.35. The van der Waals surface area contributed by atoms with Crippen molar-refractivity contribution < 1.29 is 9.59 Å². The van der Waals surface area contributed by atoms with Crippen LogP contribution < -0.4 is 10.2 Å². The second kappa shape index (κ2) is 10.6.